The standard InChI is InChI=1S/C11H19N3OS/c1-3-10(11(15)13-12)14(4-2)8-9-6-5-7-16-9/h5-7,10H,3-4,8,12H2,1-2H3,(H,13,15). The van der Waals surface area contributed by atoms with Gasteiger partial charge in [-0.3, -0.25) is 15.1 Å². The first-order chi connectivity index (χ1) is 7.72. The Bertz CT molecular complexity index is 313. The molecule has 1 rings (SSSR count). The van der Waals surface area contributed by atoms with E-state index in [0.717, 1.165) is 19.5 Å². The van der Waals surface area contributed by atoms with E-state index in [0.29, 0.717) is 0 Å². The maximum Gasteiger partial charge on any atom is 0.251 e. The van der Waals surface area contributed by atoms with Gasteiger partial charge in [-0.15, -0.1) is 11.3 Å². The molecule has 1 unspecified atom stereocenters. The highest BCUT2D eigenvalue weighted by Crippen LogP contribution is 2.15. The smallest absolute Gasteiger partial charge is 0.251 e. The quantitative estimate of drug-likeness (QED) is 0.449. The van der Waals surface area contributed by atoms with Crippen molar-refractivity contribution in [2.45, 2.75) is 32.9 Å². The number of hydrogen-bond donors (Lipinski definition) is 2. The summed E-state index contributed by atoms with van der Waals surface area (Å²) in [6.45, 7) is 5.70. The summed E-state index contributed by atoms with van der Waals surface area (Å²) in [5.74, 6) is 5.08. The number of nitrogens with two attached hydrogens (primary N) is 1. The Morgan fingerprint density at radius 2 is 2.38 bits per heavy atom. The zero-order valence-electron chi connectivity index (χ0n) is 9.77. The molecule has 0 bridgehead atoms. The number of likely N-dealkylation sites (N-methyl/N-ethyl adjacent to an activating group) is 1. The summed E-state index contributed by atoms with van der Waals surface area (Å²) in [5.41, 5.74) is 2.23. The molecule has 0 aliphatic carbocycles. The molecule has 0 saturated carbocycles. The van der Waals surface area contributed by atoms with Crippen LogP contribution in [0.15, 0.2) is 17.5 Å². The first kappa shape index (κ1) is 13.2. The van der Waals surface area contributed by atoms with Crippen molar-refractivity contribution in [2.24, 2.45) is 5.84 Å². The van der Waals surface area contributed by atoms with E-state index in [4.69, 9.17) is 5.84 Å². The molecule has 4 nitrogen and oxygen atoms in total. The van der Waals surface area contributed by atoms with E-state index < -0.39 is 0 Å². The fourth-order valence-corrected chi connectivity index (χ4v) is 2.48. The summed E-state index contributed by atoms with van der Waals surface area (Å²) in [7, 11) is 0. The number of carbonyl (C=O) groups excluding carboxylic acids is 1. The van der Waals surface area contributed by atoms with Crippen LogP contribution in [0.5, 0.6) is 0 Å². The van der Waals surface area contributed by atoms with Crippen LogP contribution in [0.1, 0.15) is 25.1 Å². The number of thiophene rings is 1. The Morgan fingerprint density at radius 3 is 2.81 bits per heavy atom. The van der Waals surface area contributed by atoms with E-state index in [-0.39, 0.29) is 11.9 Å². The lowest BCUT2D eigenvalue weighted by Gasteiger charge is -2.27. The van der Waals surface area contributed by atoms with Crippen LogP contribution in [0.25, 0.3) is 0 Å². The van der Waals surface area contributed by atoms with E-state index in [1.807, 2.05) is 18.4 Å². The molecule has 0 aliphatic rings. The Balaban J connectivity index is 2.67. The van der Waals surface area contributed by atoms with E-state index in [1.165, 1.54) is 4.88 Å². The zero-order chi connectivity index (χ0) is 12.0. The number of nitrogens with zero attached hydrogens (tertiary/aromatic N) is 1. The number of rotatable bonds is 6. The number of nitrogens with one attached hydrogen (secondary N) is 1. The number of hydrogen-bond acceptors (Lipinski definition) is 4. The molecule has 3 N–H and O–H groups in total. The summed E-state index contributed by atoms with van der Waals surface area (Å²) in [6, 6.07) is 3.97. The van der Waals surface area contributed by atoms with Crippen molar-refractivity contribution in [2.75, 3.05) is 6.54 Å². The largest absolute Gasteiger partial charge is 0.293 e. The SMILES string of the molecule is CCC(C(=O)NN)N(CC)Cc1cccs1. The highest BCUT2D eigenvalue weighted by Gasteiger charge is 2.22. The van der Waals surface area contributed by atoms with Crippen LogP contribution in [0.3, 0.4) is 0 Å². The maximum absolute atomic E-state index is 11.6. The van der Waals surface area contributed by atoms with E-state index >= 15 is 0 Å². The molecule has 0 aliphatic heterocycles. The van der Waals surface area contributed by atoms with E-state index in [1.54, 1.807) is 11.3 Å². The molecule has 1 aromatic heterocycles. The van der Waals surface area contributed by atoms with Gasteiger partial charge in [-0.1, -0.05) is 19.9 Å². The van der Waals surface area contributed by atoms with Gasteiger partial charge < -0.3 is 0 Å². The molecule has 0 aromatic carbocycles. The van der Waals surface area contributed by atoms with Crippen molar-refractivity contribution >= 4 is 17.2 Å². The van der Waals surface area contributed by atoms with Crippen molar-refractivity contribution in [1.29, 1.82) is 0 Å². The van der Waals surface area contributed by atoms with Gasteiger partial charge in [0.1, 0.15) is 0 Å². The average Bonchev–Trinajstić information content (AvgIpc) is 2.81. The third-order valence-corrected chi connectivity index (χ3v) is 3.48. The van der Waals surface area contributed by atoms with Gasteiger partial charge >= 0.3 is 0 Å². The summed E-state index contributed by atoms with van der Waals surface area (Å²) in [4.78, 5) is 15.0. The first-order valence-corrected chi connectivity index (χ1v) is 6.37. The molecule has 16 heavy (non-hydrogen) atoms. The number of amides is 1. The second-order valence-corrected chi connectivity index (χ2v) is 4.61. The van der Waals surface area contributed by atoms with Crippen LogP contribution >= 0.6 is 11.3 Å². The second kappa shape index (κ2) is 6.62. The van der Waals surface area contributed by atoms with Gasteiger partial charge in [0.25, 0.3) is 5.91 Å². The average molecular weight is 241 g/mol. The van der Waals surface area contributed by atoms with Crippen LogP contribution in [-0.2, 0) is 11.3 Å². The molecule has 0 radical (unpaired) electrons. The third kappa shape index (κ3) is 3.30. The Morgan fingerprint density at radius 1 is 1.62 bits per heavy atom. The lowest BCUT2D eigenvalue weighted by Crippen LogP contribution is -2.48. The van der Waals surface area contributed by atoms with Gasteiger partial charge in [0, 0.05) is 11.4 Å². The molecule has 0 spiro atoms. The normalized spacial score (nSPS) is 12.8. The van der Waals surface area contributed by atoms with E-state index in [2.05, 4.69) is 23.3 Å². The molecule has 1 amide bonds. The van der Waals surface area contributed by atoms with Crippen molar-refractivity contribution in [1.82, 2.24) is 10.3 Å². The minimum Gasteiger partial charge on any atom is -0.293 e. The molecule has 5 heteroatoms. The first-order valence-electron chi connectivity index (χ1n) is 5.49. The summed E-state index contributed by atoms with van der Waals surface area (Å²) in [6.07, 6.45) is 0.766. The Labute approximate surface area is 100 Å². The van der Waals surface area contributed by atoms with Crippen molar-refractivity contribution in [3.05, 3.63) is 22.4 Å². The summed E-state index contributed by atoms with van der Waals surface area (Å²) < 4.78 is 0. The van der Waals surface area contributed by atoms with Gasteiger partial charge in [0.05, 0.1) is 6.04 Å². The number of carbonyl (C=O) groups is 1. The monoisotopic (exact) mass is 241 g/mol. The van der Waals surface area contributed by atoms with E-state index in [9.17, 15) is 4.79 Å². The summed E-state index contributed by atoms with van der Waals surface area (Å²) in [5, 5.41) is 2.05. The Hall–Kier alpha value is -0.910. The maximum atomic E-state index is 11.6. The Kier molecular flexibility index (Phi) is 5.45. The molecular formula is C11H19N3OS. The highest BCUT2D eigenvalue weighted by molar-refractivity contribution is 7.09. The zero-order valence-corrected chi connectivity index (χ0v) is 10.6. The van der Waals surface area contributed by atoms with Gasteiger partial charge in [0.2, 0.25) is 0 Å². The second-order valence-electron chi connectivity index (χ2n) is 3.58. The molecule has 1 heterocycles. The third-order valence-electron chi connectivity index (χ3n) is 2.62. The molecule has 1 atom stereocenters. The number of hydrazine groups is 1. The van der Waals surface area contributed by atoms with Gasteiger partial charge in [-0.25, -0.2) is 5.84 Å². The molecule has 90 valence electrons. The minimum atomic E-state index is -0.142. The van der Waals surface area contributed by atoms with Crippen LogP contribution < -0.4 is 11.3 Å². The lowest BCUT2D eigenvalue weighted by molar-refractivity contribution is -0.126. The van der Waals surface area contributed by atoms with Crippen LogP contribution in [-0.4, -0.2) is 23.4 Å². The fourth-order valence-electron chi connectivity index (χ4n) is 1.75. The van der Waals surface area contributed by atoms with Gasteiger partial charge in [0.15, 0.2) is 0 Å². The fraction of sp³-hybridized carbons (Fsp3) is 0.545. The van der Waals surface area contributed by atoms with Gasteiger partial charge in [-0.05, 0) is 24.4 Å². The summed E-state index contributed by atoms with van der Waals surface area (Å²) >= 11 is 1.71. The van der Waals surface area contributed by atoms with Gasteiger partial charge in [-0.2, -0.15) is 0 Å². The molecule has 0 saturated heterocycles. The van der Waals surface area contributed by atoms with Crippen molar-refractivity contribution in [3.8, 4) is 0 Å². The van der Waals surface area contributed by atoms with Crippen LogP contribution in [0.2, 0.25) is 0 Å². The van der Waals surface area contributed by atoms with Crippen molar-refractivity contribution in [3.63, 3.8) is 0 Å². The lowest BCUT2D eigenvalue weighted by atomic mass is 10.1. The highest BCUT2D eigenvalue weighted by atomic mass is 32.1. The molecule has 0 fully saturated rings. The predicted molar refractivity (Wildman–Crippen MR) is 66.8 cm³/mol. The van der Waals surface area contributed by atoms with Crippen LogP contribution in [0, 0.1) is 0 Å². The van der Waals surface area contributed by atoms with Crippen LogP contribution in [0.4, 0.5) is 0 Å². The molecular weight excluding hydrogens is 222 g/mol. The topological polar surface area (TPSA) is 58.4 Å². The molecule has 1 aromatic rings. The minimum absolute atomic E-state index is 0.110. The van der Waals surface area contributed by atoms with Crippen molar-refractivity contribution < 1.29 is 4.79 Å². The predicted octanol–water partition coefficient (Wildman–Crippen LogP) is 1.34.